The SMILES string of the molecule is c1ccc(N2C[C@H]3CC[C@@H](C2)[C@@H]3Cc2ccccn2)cc1. The Labute approximate surface area is 126 Å². The summed E-state index contributed by atoms with van der Waals surface area (Å²) in [6.45, 7) is 2.44. The van der Waals surface area contributed by atoms with E-state index in [2.05, 4.69) is 52.3 Å². The average Bonchev–Trinajstić information content (AvgIpc) is 2.78. The van der Waals surface area contributed by atoms with Gasteiger partial charge in [0.15, 0.2) is 0 Å². The van der Waals surface area contributed by atoms with Crippen molar-refractivity contribution < 1.29 is 0 Å². The van der Waals surface area contributed by atoms with Crippen molar-refractivity contribution in [3.05, 3.63) is 60.4 Å². The predicted molar refractivity (Wildman–Crippen MR) is 86.3 cm³/mol. The second kappa shape index (κ2) is 5.51. The fourth-order valence-corrected chi connectivity index (χ4v) is 4.28. The van der Waals surface area contributed by atoms with E-state index in [4.69, 9.17) is 0 Å². The zero-order valence-corrected chi connectivity index (χ0v) is 12.4. The number of nitrogens with zero attached hydrogens (tertiary/aromatic N) is 2. The van der Waals surface area contributed by atoms with Crippen LogP contribution in [0.5, 0.6) is 0 Å². The largest absolute Gasteiger partial charge is 0.371 e. The molecule has 0 radical (unpaired) electrons. The standard InChI is InChI=1S/C19H22N2/c1-2-7-18(8-3-1)21-13-15-9-10-16(14-21)19(15)12-17-6-4-5-11-20-17/h1-8,11,15-16,19H,9-10,12-14H2/t15-,16+,19-. The summed E-state index contributed by atoms with van der Waals surface area (Å²) < 4.78 is 0. The van der Waals surface area contributed by atoms with Crippen molar-refractivity contribution in [3.63, 3.8) is 0 Å². The Bertz CT molecular complexity index is 567. The molecule has 1 aromatic carbocycles. The second-order valence-corrected chi connectivity index (χ2v) is 6.53. The molecule has 2 fully saturated rings. The summed E-state index contributed by atoms with van der Waals surface area (Å²) in [5.41, 5.74) is 2.67. The van der Waals surface area contributed by atoms with Crippen LogP contribution >= 0.6 is 0 Å². The molecule has 1 aliphatic carbocycles. The lowest BCUT2D eigenvalue weighted by molar-refractivity contribution is 0.268. The van der Waals surface area contributed by atoms with Gasteiger partial charge in [0, 0.05) is 30.7 Å². The maximum absolute atomic E-state index is 4.53. The lowest BCUT2D eigenvalue weighted by atomic mass is 9.81. The first-order valence-electron chi connectivity index (χ1n) is 8.10. The van der Waals surface area contributed by atoms with Gasteiger partial charge in [-0.05, 0) is 61.3 Å². The number of anilines is 1. The molecule has 21 heavy (non-hydrogen) atoms. The first-order chi connectivity index (χ1) is 10.4. The normalized spacial score (nSPS) is 27.8. The zero-order valence-electron chi connectivity index (χ0n) is 12.4. The molecule has 2 nitrogen and oxygen atoms in total. The monoisotopic (exact) mass is 278 g/mol. The Morgan fingerprint density at radius 2 is 1.62 bits per heavy atom. The third-order valence-electron chi connectivity index (χ3n) is 5.32. The Hall–Kier alpha value is -1.83. The Morgan fingerprint density at radius 1 is 0.905 bits per heavy atom. The molecule has 4 rings (SSSR count). The van der Waals surface area contributed by atoms with E-state index in [9.17, 15) is 0 Å². The van der Waals surface area contributed by atoms with E-state index in [0.29, 0.717) is 0 Å². The highest BCUT2D eigenvalue weighted by molar-refractivity contribution is 5.47. The number of aromatic nitrogens is 1. The van der Waals surface area contributed by atoms with Crippen molar-refractivity contribution in [2.75, 3.05) is 18.0 Å². The molecule has 0 N–H and O–H groups in total. The van der Waals surface area contributed by atoms with Crippen LogP contribution in [0.15, 0.2) is 54.7 Å². The molecule has 0 amide bonds. The summed E-state index contributed by atoms with van der Waals surface area (Å²) in [7, 11) is 0. The van der Waals surface area contributed by atoms with Crippen molar-refractivity contribution in [1.82, 2.24) is 4.98 Å². The minimum absolute atomic E-state index is 0.833. The minimum atomic E-state index is 0.833. The number of hydrogen-bond acceptors (Lipinski definition) is 2. The molecule has 108 valence electrons. The number of fused-ring (bicyclic) bond motifs is 2. The van der Waals surface area contributed by atoms with Gasteiger partial charge < -0.3 is 4.90 Å². The van der Waals surface area contributed by atoms with Crippen LogP contribution in [0.4, 0.5) is 5.69 Å². The fraction of sp³-hybridized carbons (Fsp3) is 0.421. The van der Waals surface area contributed by atoms with Crippen molar-refractivity contribution in [3.8, 4) is 0 Å². The number of pyridine rings is 1. The molecule has 1 saturated carbocycles. The van der Waals surface area contributed by atoms with E-state index in [1.807, 2.05) is 12.3 Å². The van der Waals surface area contributed by atoms with Crippen molar-refractivity contribution >= 4 is 5.69 Å². The van der Waals surface area contributed by atoms with Gasteiger partial charge in [0.2, 0.25) is 0 Å². The summed E-state index contributed by atoms with van der Waals surface area (Å²) >= 11 is 0. The lowest BCUT2D eigenvalue weighted by Gasteiger charge is -2.39. The highest BCUT2D eigenvalue weighted by atomic mass is 15.1. The fourth-order valence-electron chi connectivity index (χ4n) is 4.28. The molecule has 2 aliphatic rings. The smallest absolute Gasteiger partial charge is 0.0406 e. The highest BCUT2D eigenvalue weighted by Gasteiger charge is 2.41. The summed E-state index contributed by atoms with van der Waals surface area (Å²) in [6.07, 6.45) is 5.88. The summed E-state index contributed by atoms with van der Waals surface area (Å²) in [5.74, 6) is 2.51. The average molecular weight is 278 g/mol. The van der Waals surface area contributed by atoms with Gasteiger partial charge >= 0.3 is 0 Å². The van der Waals surface area contributed by atoms with Gasteiger partial charge in [-0.25, -0.2) is 0 Å². The summed E-state index contributed by atoms with van der Waals surface area (Å²) in [5, 5.41) is 0. The third-order valence-corrected chi connectivity index (χ3v) is 5.32. The molecule has 1 aliphatic heterocycles. The van der Waals surface area contributed by atoms with E-state index in [0.717, 1.165) is 17.8 Å². The van der Waals surface area contributed by atoms with Crippen LogP contribution in [0, 0.1) is 17.8 Å². The van der Waals surface area contributed by atoms with Gasteiger partial charge in [-0.2, -0.15) is 0 Å². The molecule has 2 bridgehead atoms. The molecule has 2 heterocycles. The van der Waals surface area contributed by atoms with Crippen LogP contribution in [-0.4, -0.2) is 18.1 Å². The quantitative estimate of drug-likeness (QED) is 0.849. The van der Waals surface area contributed by atoms with Crippen molar-refractivity contribution in [1.29, 1.82) is 0 Å². The van der Waals surface area contributed by atoms with E-state index >= 15 is 0 Å². The molecule has 1 saturated heterocycles. The summed E-state index contributed by atoms with van der Waals surface area (Å²) in [4.78, 5) is 7.13. The molecular formula is C19H22N2. The van der Waals surface area contributed by atoms with Crippen LogP contribution in [0.3, 0.4) is 0 Å². The Balaban J connectivity index is 1.49. The number of para-hydroxylation sites is 1. The van der Waals surface area contributed by atoms with Gasteiger partial charge in [-0.3, -0.25) is 4.98 Å². The summed E-state index contributed by atoms with van der Waals surface area (Å²) in [6, 6.07) is 17.2. The highest BCUT2D eigenvalue weighted by Crippen LogP contribution is 2.44. The predicted octanol–water partition coefficient (Wildman–Crippen LogP) is 3.79. The molecular weight excluding hydrogens is 256 g/mol. The molecule has 0 spiro atoms. The number of rotatable bonds is 3. The van der Waals surface area contributed by atoms with Gasteiger partial charge in [-0.1, -0.05) is 24.3 Å². The molecule has 0 unspecified atom stereocenters. The molecule has 2 aromatic rings. The molecule has 1 aromatic heterocycles. The maximum atomic E-state index is 4.53. The number of piperidine rings is 1. The molecule has 3 atom stereocenters. The van der Waals surface area contributed by atoms with E-state index in [1.54, 1.807) is 0 Å². The van der Waals surface area contributed by atoms with Gasteiger partial charge in [-0.15, -0.1) is 0 Å². The van der Waals surface area contributed by atoms with Gasteiger partial charge in [0.1, 0.15) is 0 Å². The first-order valence-corrected chi connectivity index (χ1v) is 8.10. The minimum Gasteiger partial charge on any atom is -0.371 e. The van der Waals surface area contributed by atoms with Crippen LogP contribution in [-0.2, 0) is 6.42 Å². The number of hydrogen-bond donors (Lipinski definition) is 0. The zero-order chi connectivity index (χ0) is 14.1. The van der Waals surface area contributed by atoms with Crippen LogP contribution < -0.4 is 4.90 Å². The number of benzene rings is 1. The first kappa shape index (κ1) is 12.9. The Morgan fingerprint density at radius 3 is 2.29 bits per heavy atom. The van der Waals surface area contributed by atoms with E-state index in [-0.39, 0.29) is 0 Å². The van der Waals surface area contributed by atoms with E-state index < -0.39 is 0 Å². The van der Waals surface area contributed by atoms with Gasteiger partial charge in [0.25, 0.3) is 0 Å². The second-order valence-electron chi connectivity index (χ2n) is 6.53. The van der Waals surface area contributed by atoms with Crippen LogP contribution in [0.2, 0.25) is 0 Å². The van der Waals surface area contributed by atoms with Crippen molar-refractivity contribution in [2.45, 2.75) is 19.3 Å². The third kappa shape index (κ3) is 2.55. The topological polar surface area (TPSA) is 16.1 Å². The van der Waals surface area contributed by atoms with E-state index in [1.165, 1.54) is 43.7 Å². The Kier molecular flexibility index (Phi) is 3.38. The lowest BCUT2D eigenvalue weighted by Crippen LogP contribution is -2.42. The van der Waals surface area contributed by atoms with Crippen LogP contribution in [0.1, 0.15) is 18.5 Å². The van der Waals surface area contributed by atoms with Gasteiger partial charge in [0.05, 0.1) is 0 Å². The molecule has 2 heteroatoms. The van der Waals surface area contributed by atoms with Crippen molar-refractivity contribution in [2.24, 2.45) is 17.8 Å². The van der Waals surface area contributed by atoms with Crippen LogP contribution in [0.25, 0.3) is 0 Å². The maximum Gasteiger partial charge on any atom is 0.0406 e.